The molecule has 0 aliphatic carbocycles. The molecule has 18 heavy (non-hydrogen) atoms. The summed E-state index contributed by atoms with van der Waals surface area (Å²) in [5, 5.41) is 0.891. The van der Waals surface area contributed by atoms with E-state index in [-0.39, 0.29) is 11.2 Å². The minimum absolute atomic E-state index is 0.259. The smallest absolute Gasteiger partial charge is 0.123 e. The lowest BCUT2D eigenvalue weighted by molar-refractivity contribution is 0.627. The second-order valence-electron chi connectivity index (χ2n) is 3.96. The molecule has 0 aliphatic rings. The van der Waals surface area contributed by atoms with Gasteiger partial charge in [0.1, 0.15) is 5.82 Å². The number of hydrogen-bond acceptors (Lipinski definition) is 0. The molecule has 0 fully saturated rings. The van der Waals surface area contributed by atoms with E-state index in [2.05, 4.69) is 0 Å². The standard InChI is InChI=1S/C14H10Cl3F/c15-10-3-6-13(16)12(8-10)14(17)7-9-1-4-11(18)5-2-9/h1-6,8,14H,7H2. The van der Waals surface area contributed by atoms with Gasteiger partial charge in [-0.3, -0.25) is 0 Å². The number of rotatable bonds is 3. The molecule has 0 aliphatic heterocycles. The molecule has 0 N–H and O–H groups in total. The van der Waals surface area contributed by atoms with Crippen molar-refractivity contribution in [1.29, 1.82) is 0 Å². The van der Waals surface area contributed by atoms with Gasteiger partial charge in [-0.05, 0) is 47.9 Å². The van der Waals surface area contributed by atoms with E-state index in [1.807, 2.05) is 0 Å². The summed E-state index contributed by atoms with van der Waals surface area (Å²) in [6.07, 6.45) is 0.571. The Morgan fingerprint density at radius 2 is 1.67 bits per heavy atom. The fourth-order valence-electron chi connectivity index (χ4n) is 1.69. The molecule has 0 saturated carbocycles. The van der Waals surface area contributed by atoms with Gasteiger partial charge in [-0.25, -0.2) is 4.39 Å². The second-order valence-corrected chi connectivity index (χ2v) is 5.33. The number of benzene rings is 2. The Hall–Kier alpha value is -0.760. The van der Waals surface area contributed by atoms with Crippen LogP contribution in [0.4, 0.5) is 4.39 Å². The molecule has 0 amide bonds. The van der Waals surface area contributed by atoms with Crippen LogP contribution in [-0.4, -0.2) is 0 Å². The number of alkyl halides is 1. The fourth-order valence-corrected chi connectivity index (χ4v) is 2.54. The summed E-state index contributed by atoms with van der Waals surface area (Å²) in [4.78, 5) is 0. The van der Waals surface area contributed by atoms with E-state index in [4.69, 9.17) is 34.8 Å². The third-order valence-corrected chi connectivity index (χ3v) is 3.59. The minimum atomic E-state index is -0.290. The molecule has 0 heterocycles. The van der Waals surface area contributed by atoms with E-state index in [1.165, 1.54) is 12.1 Å². The van der Waals surface area contributed by atoms with Crippen molar-refractivity contribution >= 4 is 34.8 Å². The molecular formula is C14H10Cl3F. The highest BCUT2D eigenvalue weighted by atomic mass is 35.5. The first-order chi connectivity index (χ1) is 8.56. The Labute approximate surface area is 120 Å². The van der Waals surface area contributed by atoms with Gasteiger partial charge < -0.3 is 0 Å². The van der Waals surface area contributed by atoms with E-state index >= 15 is 0 Å². The van der Waals surface area contributed by atoms with Crippen LogP contribution < -0.4 is 0 Å². The van der Waals surface area contributed by atoms with Crippen LogP contribution in [0.2, 0.25) is 10.0 Å². The molecule has 94 valence electrons. The van der Waals surface area contributed by atoms with Crippen molar-refractivity contribution in [2.45, 2.75) is 11.8 Å². The predicted octanol–water partition coefficient (Wildman–Crippen LogP) is 5.66. The van der Waals surface area contributed by atoms with Crippen molar-refractivity contribution < 1.29 is 4.39 Å². The Morgan fingerprint density at radius 3 is 2.33 bits per heavy atom. The van der Waals surface area contributed by atoms with E-state index in [1.54, 1.807) is 30.3 Å². The molecule has 0 saturated heterocycles. The van der Waals surface area contributed by atoms with Crippen molar-refractivity contribution in [2.75, 3.05) is 0 Å². The van der Waals surface area contributed by atoms with Crippen molar-refractivity contribution in [1.82, 2.24) is 0 Å². The Kier molecular flexibility index (Phi) is 4.50. The highest BCUT2D eigenvalue weighted by Crippen LogP contribution is 2.32. The fraction of sp³-hybridized carbons (Fsp3) is 0.143. The highest BCUT2D eigenvalue weighted by Gasteiger charge is 2.13. The number of hydrogen-bond donors (Lipinski definition) is 0. The largest absolute Gasteiger partial charge is 0.207 e. The van der Waals surface area contributed by atoms with Gasteiger partial charge >= 0.3 is 0 Å². The average molecular weight is 304 g/mol. The lowest BCUT2D eigenvalue weighted by atomic mass is 10.0. The molecule has 1 atom stereocenters. The van der Waals surface area contributed by atoms with Crippen LogP contribution in [0, 0.1) is 5.82 Å². The monoisotopic (exact) mass is 302 g/mol. The predicted molar refractivity (Wildman–Crippen MR) is 75.2 cm³/mol. The van der Waals surface area contributed by atoms with Crippen LogP contribution in [-0.2, 0) is 6.42 Å². The summed E-state index contributed by atoms with van der Waals surface area (Å²) in [6.45, 7) is 0. The van der Waals surface area contributed by atoms with Gasteiger partial charge in [0.05, 0.1) is 5.38 Å². The zero-order chi connectivity index (χ0) is 13.1. The summed E-state index contributed by atoms with van der Waals surface area (Å²) in [7, 11) is 0. The third kappa shape index (κ3) is 3.38. The summed E-state index contributed by atoms with van der Waals surface area (Å²) in [5.74, 6) is -0.259. The molecule has 2 rings (SSSR count). The van der Waals surface area contributed by atoms with E-state index < -0.39 is 0 Å². The van der Waals surface area contributed by atoms with Crippen LogP contribution in [0.5, 0.6) is 0 Å². The lowest BCUT2D eigenvalue weighted by Gasteiger charge is -2.12. The quantitative estimate of drug-likeness (QED) is 0.642. The van der Waals surface area contributed by atoms with Crippen LogP contribution >= 0.6 is 34.8 Å². The molecule has 0 nitrogen and oxygen atoms in total. The summed E-state index contributed by atoms with van der Waals surface area (Å²) in [5.41, 5.74) is 1.74. The van der Waals surface area contributed by atoms with Gasteiger partial charge in [0.25, 0.3) is 0 Å². The zero-order valence-electron chi connectivity index (χ0n) is 9.34. The van der Waals surface area contributed by atoms with Gasteiger partial charge in [0, 0.05) is 10.0 Å². The maximum atomic E-state index is 12.8. The molecule has 2 aromatic rings. The Morgan fingerprint density at radius 1 is 1.00 bits per heavy atom. The SMILES string of the molecule is Fc1ccc(CC(Cl)c2cc(Cl)ccc2Cl)cc1. The van der Waals surface area contributed by atoms with Crippen LogP contribution in [0.15, 0.2) is 42.5 Å². The van der Waals surface area contributed by atoms with Gasteiger partial charge in [-0.15, -0.1) is 11.6 Å². The summed E-state index contributed by atoms with van der Waals surface area (Å²) in [6, 6.07) is 11.4. The summed E-state index contributed by atoms with van der Waals surface area (Å²) >= 11 is 18.3. The van der Waals surface area contributed by atoms with Crippen molar-refractivity contribution in [3.8, 4) is 0 Å². The van der Waals surface area contributed by atoms with E-state index in [0.29, 0.717) is 16.5 Å². The first-order valence-electron chi connectivity index (χ1n) is 5.40. The van der Waals surface area contributed by atoms with Gasteiger partial charge in [-0.1, -0.05) is 35.3 Å². The minimum Gasteiger partial charge on any atom is -0.207 e. The van der Waals surface area contributed by atoms with Gasteiger partial charge in [0.2, 0.25) is 0 Å². The molecule has 0 spiro atoms. The molecule has 2 aromatic carbocycles. The maximum Gasteiger partial charge on any atom is 0.123 e. The van der Waals surface area contributed by atoms with Gasteiger partial charge in [0.15, 0.2) is 0 Å². The molecular weight excluding hydrogens is 294 g/mol. The summed E-state index contributed by atoms with van der Waals surface area (Å²) < 4.78 is 12.8. The Bertz CT molecular complexity index is 537. The van der Waals surface area contributed by atoms with E-state index in [9.17, 15) is 4.39 Å². The average Bonchev–Trinajstić information content (AvgIpc) is 2.35. The lowest BCUT2D eigenvalue weighted by Crippen LogP contribution is -1.97. The zero-order valence-corrected chi connectivity index (χ0v) is 11.6. The molecule has 1 unspecified atom stereocenters. The molecule has 0 bridgehead atoms. The third-order valence-electron chi connectivity index (χ3n) is 2.62. The maximum absolute atomic E-state index is 12.8. The van der Waals surface area contributed by atoms with Crippen LogP contribution in [0.25, 0.3) is 0 Å². The first kappa shape index (κ1) is 13.7. The molecule has 0 aromatic heterocycles. The molecule has 0 radical (unpaired) electrons. The Balaban J connectivity index is 2.18. The highest BCUT2D eigenvalue weighted by molar-refractivity contribution is 6.34. The van der Waals surface area contributed by atoms with Crippen molar-refractivity contribution in [3.63, 3.8) is 0 Å². The first-order valence-corrected chi connectivity index (χ1v) is 6.59. The van der Waals surface area contributed by atoms with Crippen LogP contribution in [0.3, 0.4) is 0 Å². The molecule has 4 heteroatoms. The van der Waals surface area contributed by atoms with E-state index in [0.717, 1.165) is 11.1 Å². The van der Waals surface area contributed by atoms with Crippen molar-refractivity contribution in [3.05, 3.63) is 69.5 Å². The van der Waals surface area contributed by atoms with Crippen LogP contribution in [0.1, 0.15) is 16.5 Å². The van der Waals surface area contributed by atoms with Crippen molar-refractivity contribution in [2.24, 2.45) is 0 Å². The van der Waals surface area contributed by atoms with Gasteiger partial charge in [-0.2, -0.15) is 0 Å². The second kappa shape index (κ2) is 5.92. The normalized spacial score (nSPS) is 12.4. The number of halogens is 4. The topological polar surface area (TPSA) is 0 Å².